The van der Waals surface area contributed by atoms with Crippen molar-refractivity contribution in [1.82, 2.24) is 19.2 Å². The molecule has 0 spiro atoms. The molecule has 2 heterocycles. The fourth-order valence-electron chi connectivity index (χ4n) is 3.12. The van der Waals surface area contributed by atoms with Crippen molar-refractivity contribution < 1.29 is 0 Å². The molecule has 2 aromatic carbocycles. The van der Waals surface area contributed by atoms with Crippen LogP contribution in [-0.2, 0) is 0 Å². The van der Waals surface area contributed by atoms with Gasteiger partial charge in [-0.05, 0) is 50.1 Å². The lowest BCUT2D eigenvalue weighted by Crippen LogP contribution is -2.22. The number of fused-ring (bicyclic) bond motifs is 3. The van der Waals surface area contributed by atoms with E-state index in [1.807, 2.05) is 61.6 Å². The number of aromatic nitrogens is 4. The van der Waals surface area contributed by atoms with Crippen molar-refractivity contribution in [2.45, 2.75) is 31.2 Å². The van der Waals surface area contributed by atoms with Gasteiger partial charge in [-0.15, -0.1) is 10.2 Å². The lowest BCUT2D eigenvalue weighted by atomic mass is 10.1. The predicted octanol–water partition coefficient (Wildman–Crippen LogP) is 3.65. The van der Waals surface area contributed by atoms with Crippen molar-refractivity contribution in [2.75, 3.05) is 0 Å². The van der Waals surface area contributed by atoms with E-state index < -0.39 is 0 Å². The predicted molar refractivity (Wildman–Crippen MR) is 106 cm³/mol. The molecule has 134 valence electrons. The van der Waals surface area contributed by atoms with E-state index in [4.69, 9.17) is 0 Å². The van der Waals surface area contributed by atoms with Gasteiger partial charge < -0.3 is 0 Å². The van der Waals surface area contributed by atoms with Gasteiger partial charge in [-0.1, -0.05) is 36.0 Å². The smallest absolute Gasteiger partial charge is 0.267 e. The fourth-order valence-corrected chi connectivity index (χ4v) is 3.86. The first kappa shape index (κ1) is 17.3. The van der Waals surface area contributed by atoms with E-state index in [0.29, 0.717) is 16.3 Å². The summed E-state index contributed by atoms with van der Waals surface area (Å²) in [7, 11) is 0. The minimum atomic E-state index is -0.280. The molecule has 2 aromatic heterocycles. The Kier molecular flexibility index (Phi) is 4.21. The Morgan fingerprint density at radius 1 is 1.15 bits per heavy atom. The number of para-hydroxylation sites is 1. The van der Waals surface area contributed by atoms with E-state index in [-0.39, 0.29) is 10.8 Å². The van der Waals surface area contributed by atoms with E-state index in [9.17, 15) is 10.1 Å². The minimum Gasteiger partial charge on any atom is -0.268 e. The average molecular weight is 375 g/mol. The topological polar surface area (TPSA) is 76.0 Å². The number of hydrogen-bond acceptors (Lipinski definition) is 5. The van der Waals surface area contributed by atoms with Crippen molar-refractivity contribution in [2.24, 2.45) is 0 Å². The molecule has 4 aromatic rings. The van der Waals surface area contributed by atoms with Gasteiger partial charge in [0.25, 0.3) is 5.56 Å². The fraction of sp³-hybridized carbons (Fsp3) is 0.200. The molecule has 0 aliphatic heterocycles. The van der Waals surface area contributed by atoms with Crippen LogP contribution >= 0.6 is 11.8 Å². The van der Waals surface area contributed by atoms with Crippen LogP contribution in [0.3, 0.4) is 0 Å². The van der Waals surface area contributed by atoms with E-state index >= 15 is 0 Å². The third-order valence-corrected chi connectivity index (χ3v) is 5.40. The highest BCUT2D eigenvalue weighted by Crippen LogP contribution is 2.26. The second-order valence-electron chi connectivity index (χ2n) is 6.45. The number of thioether (sulfide) groups is 1. The van der Waals surface area contributed by atoms with E-state index in [1.54, 1.807) is 10.6 Å². The summed E-state index contributed by atoms with van der Waals surface area (Å²) in [6.45, 7) is 5.78. The summed E-state index contributed by atoms with van der Waals surface area (Å²) in [5, 5.41) is 18.7. The summed E-state index contributed by atoms with van der Waals surface area (Å²) < 4.78 is 3.47. The standard InChI is InChI=1S/C20H17N5OS/c1-12-8-9-13(2)17(10-12)24-18(26)15-6-4-5-7-16(15)25-19(24)22-23-20(25)27-14(3)11-21/h4-10,14H,1-3H3/t14-/m1/s1. The molecule has 1 atom stereocenters. The van der Waals surface area contributed by atoms with Gasteiger partial charge in [0.05, 0.1) is 27.9 Å². The van der Waals surface area contributed by atoms with Crippen LogP contribution in [0.1, 0.15) is 18.1 Å². The van der Waals surface area contributed by atoms with Crippen LogP contribution in [0.4, 0.5) is 0 Å². The summed E-state index contributed by atoms with van der Waals surface area (Å²) in [6.07, 6.45) is 0. The molecular weight excluding hydrogens is 358 g/mol. The summed E-state index contributed by atoms with van der Waals surface area (Å²) in [6, 6.07) is 15.6. The van der Waals surface area contributed by atoms with Crippen molar-refractivity contribution in [1.29, 1.82) is 5.26 Å². The van der Waals surface area contributed by atoms with Gasteiger partial charge in [0.1, 0.15) is 0 Å². The molecule has 6 nitrogen and oxygen atoms in total. The normalized spacial score (nSPS) is 12.4. The Morgan fingerprint density at radius 2 is 1.93 bits per heavy atom. The Balaban J connectivity index is 2.16. The SMILES string of the molecule is Cc1ccc(C)c(-n2c(=O)c3ccccc3n3c(S[C@H](C)C#N)nnc23)c1. The highest BCUT2D eigenvalue weighted by Gasteiger charge is 2.20. The van der Waals surface area contributed by atoms with Crippen LogP contribution in [0.25, 0.3) is 22.4 Å². The van der Waals surface area contributed by atoms with Crippen LogP contribution < -0.4 is 5.56 Å². The van der Waals surface area contributed by atoms with Crippen LogP contribution in [-0.4, -0.2) is 24.4 Å². The van der Waals surface area contributed by atoms with Gasteiger partial charge in [0, 0.05) is 0 Å². The minimum absolute atomic E-state index is 0.135. The van der Waals surface area contributed by atoms with Crippen LogP contribution in [0.2, 0.25) is 0 Å². The van der Waals surface area contributed by atoms with Gasteiger partial charge in [0.15, 0.2) is 5.16 Å². The molecule has 0 unspecified atom stereocenters. The first-order chi connectivity index (χ1) is 13.0. The van der Waals surface area contributed by atoms with Crippen molar-refractivity contribution in [3.63, 3.8) is 0 Å². The largest absolute Gasteiger partial charge is 0.268 e. The molecule has 4 rings (SSSR count). The maximum Gasteiger partial charge on any atom is 0.267 e. The van der Waals surface area contributed by atoms with Gasteiger partial charge in [-0.3, -0.25) is 9.20 Å². The monoisotopic (exact) mass is 375 g/mol. The molecule has 0 bridgehead atoms. The lowest BCUT2D eigenvalue weighted by Gasteiger charge is -2.14. The highest BCUT2D eigenvalue weighted by molar-refractivity contribution is 8.00. The van der Waals surface area contributed by atoms with Crippen LogP contribution in [0.15, 0.2) is 52.4 Å². The Morgan fingerprint density at radius 3 is 2.70 bits per heavy atom. The molecule has 0 radical (unpaired) electrons. The first-order valence-corrected chi connectivity index (χ1v) is 9.42. The average Bonchev–Trinajstić information content (AvgIpc) is 3.08. The second-order valence-corrected chi connectivity index (χ2v) is 7.76. The first-order valence-electron chi connectivity index (χ1n) is 8.54. The molecule has 0 amide bonds. The lowest BCUT2D eigenvalue weighted by molar-refractivity contribution is 0.925. The van der Waals surface area contributed by atoms with E-state index in [1.165, 1.54) is 11.8 Å². The number of rotatable bonds is 3. The van der Waals surface area contributed by atoms with Crippen molar-refractivity contribution in [3.8, 4) is 11.8 Å². The third kappa shape index (κ3) is 2.78. The molecule has 0 saturated carbocycles. The van der Waals surface area contributed by atoms with Gasteiger partial charge in [-0.2, -0.15) is 5.26 Å². The molecule has 27 heavy (non-hydrogen) atoms. The van der Waals surface area contributed by atoms with Crippen molar-refractivity contribution in [3.05, 3.63) is 63.9 Å². The van der Waals surface area contributed by atoms with Crippen LogP contribution in [0, 0.1) is 25.2 Å². The zero-order valence-electron chi connectivity index (χ0n) is 15.2. The molecule has 0 fully saturated rings. The summed E-state index contributed by atoms with van der Waals surface area (Å²) >= 11 is 1.32. The quantitative estimate of drug-likeness (QED) is 0.511. The van der Waals surface area contributed by atoms with Crippen molar-refractivity contribution >= 4 is 28.4 Å². The zero-order chi connectivity index (χ0) is 19.1. The third-order valence-electron chi connectivity index (χ3n) is 4.46. The highest BCUT2D eigenvalue weighted by atomic mass is 32.2. The Labute approximate surface area is 160 Å². The number of aryl methyl sites for hydroxylation is 2. The zero-order valence-corrected chi connectivity index (χ0v) is 16.0. The molecular formula is C20H17N5OS. The summed E-state index contributed by atoms with van der Waals surface area (Å²) in [5.41, 5.74) is 3.41. The van der Waals surface area contributed by atoms with E-state index in [0.717, 1.165) is 22.3 Å². The molecule has 7 heteroatoms. The molecule has 0 aliphatic rings. The number of benzene rings is 2. The number of nitrogens with zero attached hydrogens (tertiary/aromatic N) is 5. The summed E-state index contributed by atoms with van der Waals surface area (Å²) in [5.74, 6) is 0.444. The molecule has 0 saturated heterocycles. The van der Waals surface area contributed by atoms with Gasteiger partial charge in [0.2, 0.25) is 5.78 Å². The Hall–Kier alpha value is -3.11. The summed E-state index contributed by atoms with van der Waals surface area (Å²) in [4.78, 5) is 13.3. The number of nitriles is 1. The molecule has 0 aliphatic carbocycles. The Bertz CT molecular complexity index is 1280. The molecule has 0 N–H and O–H groups in total. The maximum absolute atomic E-state index is 13.3. The second kappa shape index (κ2) is 6.56. The maximum atomic E-state index is 13.3. The number of hydrogen-bond donors (Lipinski definition) is 0. The van der Waals surface area contributed by atoms with Gasteiger partial charge in [-0.25, -0.2) is 4.57 Å². The van der Waals surface area contributed by atoms with Gasteiger partial charge >= 0.3 is 0 Å². The van der Waals surface area contributed by atoms with Crippen LogP contribution in [0.5, 0.6) is 0 Å². The van der Waals surface area contributed by atoms with E-state index in [2.05, 4.69) is 16.3 Å².